The third kappa shape index (κ3) is 3.88. The van der Waals surface area contributed by atoms with Gasteiger partial charge in [0.15, 0.2) is 11.5 Å². The fourth-order valence-corrected chi connectivity index (χ4v) is 4.02. The van der Waals surface area contributed by atoms with Crippen LogP contribution in [0.4, 0.5) is 0 Å². The molecular weight excluding hydrogens is 342 g/mol. The van der Waals surface area contributed by atoms with Gasteiger partial charge in [-0.05, 0) is 49.2 Å². The van der Waals surface area contributed by atoms with Gasteiger partial charge in [-0.25, -0.2) is 13.1 Å². The SMILES string of the molecule is CCOc1ccc(S(=O)(=O)N[C@@H]2COc3c(cccc3OC)C2)cc1. The topological polar surface area (TPSA) is 73.9 Å². The number of rotatable bonds is 6. The Bertz CT molecular complexity index is 833. The molecule has 0 aromatic heterocycles. The molecule has 25 heavy (non-hydrogen) atoms. The molecule has 0 spiro atoms. The number of nitrogens with one attached hydrogen (secondary N) is 1. The quantitative estimate of drug-likeness (QED) is 0.853. The summed E-state index contributed by atoms with van der Waals surface area (Å²) >= 11 is 0. The molecule has 1 atom stereocenters. The zero-order valence-electron chi connectivity index (χ0n) is 14.2. The lowest BCUT2D eigenvalue weighted by Crippen LogP contribution is -2.42. The first kappa shape index (κ1) is 17.6. The van der Waals surface area contributed by atoms with Crippen molar-refractivity contribution in [3.05, 3.63) is 48.0 Å². The Hall–Kier alpha value is -2.25. The molecule has 0 amide bonds. The molecule has 0 fully saturated rings. The molecule has 1 heterocycles. The van der Waals surface area contributed by atoms with E-state index in [9.17, 15) is 8.42 Å². The van der Waals surface area contributed by atoms with Crippen LogP contribution < -0.4 is 18.9 Å². The van der Waals surface area contributed by atoms with E-state index in [1.54, 1.807) is 19.2 Å². The Labute approximate surface area is 147 Å². The van der Waals surface area contributed by atoms with Gasteiger partial charge in [-0.15, -0.1) is 0 Å². The summed E-state index contributed by atoms with van der Waals surface area (Å²) in [5.74, 6) is 1.98. The van der Waals surface area contributed by atoms with Crippen LogP contribution in [0.15, 0.2) is 47.4 Å². The van der Waals surface area contributed by atoms with Crippen molar-refractivity contribution < 1.29 is 22.6 Å². The normalized spacial score (nSPS) is 16.6. The van der Waals surface area contributed by atoms with E-state index in [4.69, 9.17) is 14.2 Å². The monoisotopic (exact) mass is 363 g/mol. The summed E-state index contributed by atoms with van der Waals surface area (Å²) in [5, 5.41) is 0. The highest BCUT2D eigenvalue weighted by atomic mass is 32.2. The highest BCUT2D eigenvalue weighted by Gasteiger charge is 2.27. The molecule has 134 valence electrons. The maximum atomic E-state index is 12.6. The van der Waals surface area contributed by atoms with Gasteiger partial charge in [0.1, 0.15) is 12.4 Å². The Kier molecular flexibility index (Phi) is 5.15. The van der Waals surface area contributed by atoms with Crippen LogP contribution in [0.25, 0.3) is 0 Å². The fourth-order valence-electron chi connectivity index (χ4n) is 2.80. The number of methoxy groups -OCH3 is 1. The molecule has 6 nitrogen and oxygen atoms in total. The summed E-state index contributed by atoms with van der Waals surface area (Å²) in [6.45, 7) is 2.67. The smallest absolute Gasteiger partial charge is 0.240 e. The summed E-state index contributed by atoms with van der Waals surface area (Å²) in [7, 11) is -2.04. The summed E-state index contributed by atoms with van der Waals surface area (Å²) in [6, 6.07) is 11.6. The fraction of sp³-hybridized carbons (Fsp3) is 0.333. The van der Waals surface area contributed by atoms with E-state index in [0.29, 0.717) is 30.3 Å². The van der Waals surface area contributed by atoms with Gasteiger partial charge in [-0.1, -0.05) is 12.1 Å². The summed E-state index contributed by atoms with van der Waals surface area (Å²) in [5.41, 5.74) is 0.921. The Morgan fingerprint density at radius 1 is 1.20 bits per heavy atom. The van der Waals surface area contributed by atoms with Crippen molar-refractivity contribution in [1.82, 2.24) is 4.72 Å². The predicted molar refractivity (Wildman–Crippen MR) is 93.9 cm³/mol. The van der Waals surface area contributed by atoms with E-state index in [2.05, 4.69) is 4.72 Å². The van der Waals surface area contributed by atoms with Crippen molar-refractivity contribution in [2.75, 3.05) is 20.3 Å². The number of ether oxygens (including phenoxy) is 3. The van der Waals surface area contributed by atoms with Crippen LogP contribution >= 0.6 is 0 Å². The Balaban J connectivity index is 1.73. The molecule has 0 bridgehead atoms. The van der Waals surface area contributed by atoms with E-state index >= 15 is 0 Å². The van der Waals surface area contributed by atoms with Gasteiger partial charge < -0.3 is 14.2 Å². The summed E-state index contributed by atoms with van der Waals surface area (Å²) < 4.78 is 44.2. The van der Waals surface area contributed by atoms with Gasteiger partial charge in [0.05, 0.1) is 24.7 Å². The third-order valence-electron chi connectivity index (χ3n) is 3.94. The minimum absolute atomic E-state index is 0.201. The number of para-hydroxylation sites is 1. The second-order valence-corrected chi connectivity index (χ2v) is 7.40. The van der Waals surface area contributed by atoms with Crippen LogP contribution in [0.2, 0.25) is 0 Å². The standard InChI is InChI=1S/C18H21NO5S/c1-3-23-15-7-9-16(10-8-15)25(20,21)19-14-11-13-5-4-6-17(22-2)18(13)24-12-14/h4-10,14,19H,3,11-12H2,1-2H3/t14-/m0/s1. The molecule has 7 heteroatoms. The second-order valence-electron chi connectivity index (χ2n) is 5.69. The zero-order valence-corrected chi connectivity index (χ0v) is 15.0. The van der Waals surface area contributed by atoms with Crippen LogP contribution in [0.1, 0.15) is 12.5 Å². The lowest BCUT2D eigenvalue weighted by molar-refractivity contribution is 0.240. The number of hydrogen-bond donors (Lipinski definition) is 1. The van der Waals surface area contributed by atoms with Crippen molar-refractivity contribution >= 4 is 10.0 Å². The zero-order chi connectivity index (χ0) is 17.9. The number of hydrogen-bond acceptors (Lipinski definition) is 5. The first-order chi connectivity index (χ1) is 12.0. The van der Waals surface area contributed by atoms with Gasteiger partial charge in [0.25, 0.3) is 0 Å². The predicted octanol–water partition coefficient (Wildman–Crippen LogP) is 2.38. The minimum Gasteiger partial charge on any atom is -0.494 e. The van der Waals surface area contributed by atoms with E-state index in [0.717, 1.165) is 5.56 Å². The molecule has 0 saturated heterocycles. The molecule has 1 aliphatic rings. The van der Waals surface area contributed by atoms with Gasteiger partial charge in [-0.3, -0.25) is 0 Å². The lowest BCUT2D eigenvalue weighted by Gasteiger charge is -2.27. The largest absolute Gasteiger partial charge is 0.494 e. The Morgan fingerprint density at radius 2 is 1.96 bits per heavy atom. The molecule has 2 aromatic rings. The van der Waals surface area contributed by atoms with E-state index in [-0.39, 0.29) is 17.5 Å². The summed E-state index contributed by atoms with van der Waals surface area (Å²) in [4.78, 5) is 0.201. The summed E-state index contributed by atoms with van der Waals surface area (Å²) in [6.07, 6.45) is 0.544. The van der Waals surface area contributed by atoms with E-state index < -0.39 is 10.0 Å². The number of benzene rings is 2. The van der Waals surface area contributed by atoms with Crippen LogP contribution in [-0.2, 0) is 16.4 Å². The Morgan fingerprint density at radius 3 is 2.64 bits per heavy atom. The first-order valence-electron chi connectivity index (χ1n) is 8.07. The number of fused-ring (bicyclic) bond motifs is 1. The first-order valence-corrected chi connectivity index (χ1v) is 9.55. The molecule has 0 radical (unpaired) electrons. The number of sulfonamides is 1. The van der Waals surface area contributed by atoms with E-state index in [1.807, 2.05) is 25.1 Å². The van der Waals surface area contributed by atoms with Gasteiger partial charge in [0, 0.05) is 0 Å². The van der Waals surface area contributed by atoms with Crippen molar-refractivity contribution in [3.8, 4) is 17.2 Å². The van der Waals surface area contributed by atoms with Crippen LogP contribution in [0.3, 0.4) is 0 Å². The maximum Gasteiger partial charge on any atom is 0.240 e. The second kappa shape index (κ2) is 7.33. The minimum atomic E-state index is -3.63. The van der Waals surface area contributed by atoms with E-state index in [1.165, 1.54) is 12.1 Å². The van der Waals surface area contributed by atoms with Gasteiger partial charge >= 0.3 is 0 Å². The van der Waals surface area contributed by atoms with Crippen LogP contribution in [0.5, 0.6) is 17.2 Å². The highest BCUT2D eigenvalue weighted by Crippen LogP contribution is 2.34. The van der Waals surface area contributed by atoms with Crippen molar-refractivity contribution in [2.45, 2.75) is 24.3 Å². The van der Waals surface area contributed by atoms with Gasteiger partial charge in [-0.2, -0.15) is 0 Å². The van der Waals surface area contributed by atoms with Gasteiger partial charge in [0.2, 0.25) is 10.0 Å². The van der Waals surface area contributed by atoms with Crippen molar-refractivity contribution in [1.29, 1.82) is 0 Å². The molecule has 0 unspecified atom stereocenters. The molecule has 0 saturated carbocycles. The average Bonchev–Trinajstić information content (AvgIpc) is 2.61. The average molecular weight is 363 g/mol. The van der Waals surface area contributed by atoms with Crippen molar-refractivity contribution in [3.63, 3.8) is 0 Å². The molecule has 3 rings (SSSR count). The van der Waals surface area contributed by atoms with Crippen LogP contribution in [0, 0.1) is 0 Å². The van der Waals surface area contributed by atoms with Crippen molar-refractivity contribution in [2.24, 2.45) is 0 Å². The van der Waals surface area contributed by atoms with Crippen LogP contribution in [-0.4, -0.2) is 34.8 Å². The molecular formula is C18H21NO5S. The molecule has 1 aliphatic heterocycles. The molecule has 1 N–H and O–H groups in total. The maximum absolute atomic E-state index is 12.6. The highest BCUT2D eigenvalue weighted by molar-refractivity contribution is 7.89. The third-order valence-corrected chi connectivity index (χ3v) is 5.48. The molecule has 0 aliphatic carbocycles. The molecule has 2 aromatic carbocycles. The lowest BCUT2D eigenvalue weighted by atomic mass is 10.0.